The lowest BCUT2D eigenvalue weighted by atomic mass is 10.0. The molecule has 0 radical (unpaired) electrons. The van der Waals surface area contributed by atoms with Gasteiger partial charge < -0.3 is 20.2 Å². The first kappa shape index (κ1) is 32.5. The summed E-state index contributed by atoms with van der Waals surface area (Å²) in [6, 6.07) is 12.0. The summed E-state index contributed by atoms with van der Waals surface area (Å²) < 4.78 is 22.1. The number of thiol groups is 1. The van der Waals surface area contributed by atoms with Gasteiger partial charge in [-0.15, -0.1) is 0 Å². The third kappa shape index (κ3) is 12.5. The summed E-state index contributed by atoms with van der Waals surface area (Å²) in [7, 11) is 0. The molecule has 0 saturated carbocycles. The van der Waals surface area contributed by atoms with Gasteiger partial charge in [0, 0.05) is 4.90 Å². The summed E-state index contributed by atoms with van der Waals surface area (Å²) >= 11 is 4.74. The van der Waals surface area contributed by atoms with E-state index in [1.54, 1.807) is 18.4 Å². The summed E-state index contributed by atoms with van der Waals surface area (Å²) in [6.07, 6.45) is 4.68. The zero-order valence-electron chi connectivity index (χ0n) is 21.8. The van der Waals surface area contributed by atoms with Crippen LogP contribution in [0.15, 0.2) is 53.4 Å². The Morgan fingerprint density at radius 2 is 1.70 bits per heavy atom. The van der Waals surface area contributed by atoms with Crippen LogP contribution >= 0.6 is 24.6 Å². The molecule has 0 heterocycles. The minimum Gasteiger partial charge on any atom is -0.494 e. The lowest BCUT2D eigenvalue weighted by molar-refractivity contribution is -0.131. The molecule has 3 N–H and O–H groups in total. The van der Waals surface area contributed by atoms with Crippen LogP contribution in [0, 0.1) is 11.7 Å². The molecule has 2 aromatic rings. The molecular formula is C27H38FN3O4S2. The van der Waals surface area contributed by atoms with Crippen molar-refractivity contribution in [2.75, 3.05) is 19.4 Å². The van der Waals surface area contributed by atoms with E-state index >= 15 is 0 Å². The van der Waals surface area contributed by atoms with Crippen molar-refractivity contribution in [3.05, 3.63) is 59.9 Å². The van der Waals surface area contributed by atoms with Crippen molar-refractivity contribution in [2.45, 2.75) is 57.0 Å². The standard InChI is InChI=1S/C26H34FN3O4S.CH4S/c1-4-5-16-34-21-10-6-19(7-11-21)17-23(30-35-22-12-8-20(27)9-13-22)25(32)29-24(18(2)3)26(33)28-14-15-31;1-2/h6-13,15,18,23-24,30H,4-5,14,16-17H2,1-3H3,(H,28,33)(H,29,32);2H,1H3/t23-,24?;/m0./s1. The fourth-order valence-corrected chi connectivity index (χ4v) is 3.90. The highest BCUT2D eigenvalue weighted by Crippen LogP contribution is 2.19. The topological polar surface area (TPSA) is 96.5 Å². The Hall–Kier alpha value is -2.56. The van der Waals surface area contributed by atoms with Gasteiger partial charge in [-0.2, -0.15) is 12.6 Å². The van der Waals surface area contributed by atoms with E-state index in [1.807, 2.05) is 38.1 Å². The van der Waals surface area contributed by atoms with Gasteiger partial charge in [-0.25, -0.2) is 9.11 Å². The number of ether oxygens (including phenoxy) is 1. The van der Waals surface area contributed by atoms with Crippen LogP contribution in [0.3, 0.4) is 0 Å². The number of amides is 2. The van der Waals surface area contributed by atoms with Gasteiger partial charge in [-0.3, -0.25) is 9.59 Å². The Balaban J connectivity index is 0.00000334. The molecule has 2 aromatic carbocycles. The second-order valence-electron chi connectivity index (χ2n) is 8.42. The monoisotopic (exact) mass is 551 g/mol. The minimum absolute atomic E-state index is 0.118. The van der Waals surface area contributed by atoms with Crippen molar-refractivity contribution in [3.63, 3.8) is 0 Å². The first-order valence-corrected chi connectivity index (χ1v) is 13.9. The van der Waals surface area contributed by atoms with E-state index in [4.69, 9.17) is 4.74 Å². The van der Waals surface area contributed by atoms with Crippen molar-refractivity contribution in [1.82, 2.24) is 15.4 Å². The molecule has 0 aromatic heterocycles. The van der Waals surface area contributed by atoms with Crippen LogP contribution in [0.4, 0.5) is 4.39 Å². The molecule has 0 aliphatic heterocycles. The Kier molecular flexibility index (Phi) is 16.4. The number of hydrogen-bond acceptors (Lipinski definition) is 7. The van der Waals surface area contributed by atoms with E-state index in [1.165, 1.54) is 24.1 Å². The molecule has 0 aliphatic rings. The third-order valence-electron chi connectivity index (χ3n) is 5.19. The first-order valence-electron chi connectivity index (χ1n) is 12.2. The molecule has 7 nitrogen and oxygen atoms in total. The van der Waals surface area contributed by atoms with Gasteiger partial charge in [0.15, 0.2) is 0 Å². The molecule has 10 heteroatoms. The molecule has 0 fully saturated rings. The van der Waals surface area contributed by atoms with Crippen molar-refractivity contribution in [1.29, 1.82) is 0 Å². The number of halogens is 1. The number of carbonyl (C=O) groups is 3. The number of carbonyl (C=O) groups excluding carboxylic acids is 3. The van der Waals surface area contributed by atoms with Gasteiger partial charge in [0.25, 0.3) is 0 Å². The predicted octanol–water partition coefficient (Wildman–Crippen LogP) is 4.21. The summed E-state index contributed by atoms with van der Waals surface area (Å²) in [4.78, 5) is 37.1. The zero-order valence-corrected chi connectivity index (χ0v) is 23.5. The number of benzene rings is 2. The van der Waals surface area contributed by atoms with Crippen LogP contribution in [0.5, 0.6) is 5.75 Å². The van der Waals surface area contributed by atoms with Crippen molar-refractivity contribution in [3.8, 4) is 5.75 Å². The summed E-state index contributed by atoms with van der Waals surface area (Å²) in [5, 5.41) is 5.31. The highest BCUT2D eigenvalue weighted by Gasteiger charge is 2.28. The maximum atomic E-state index is 13.3. The lowest BCUT2D eigenvalue weighted by Gasteiger charge is -2.25. The molecule has 0 spiro atoms. The SMILES string of the molecule is CCCCOc1ccc(C[C@H](NSc2ccc(F)cc2)C(=O)NC(C(=O)NCC=O)C(C)C)cc1.CS. The quantitative estimate of drug-likeness (QED) is 0.115. The average molecular weight is 552 g/mol. The second-order valence-corrected chi connectivity index (χ2v) is 9.33. The second kappa shape index (κ2) is 18.6. The zero-order chi connectivity index (χ0) is 27.6. The molecule has 204 valence electrons. The highest BCUT2D eigenvalue weighted by atomic mass is 32.2. The Morgan fingerprint density at radius 1 is 1.05 bits per heavy atom. The van der Waals surface area contributed by atoms with Crippen LogP contribution < -0.4 is 20.1 Å². The Bertz CT molecular complexity index is 944. The number of nitrogens with one attached hydrogen (secondary N) is 3. The van der Waals surface area contributed by atoms with Crippen LogP contribution in [0.25, 0.3) is 0 Å². The van der Waals surface area contributed by atoms with Gasteiger partial charge >= 0.3 is 0 Å². The normalized spacial score (nSPS) is 12.1. The maximum Gasteiger partial charge on any atom is 0.243 e. The van der Waals surface area contributed by atoms with Crippen LogP contribution in [0.2, 0.25) is 0 Å². The van der Waals surface area contributed by atoms with Crippen LogP contribution in [-0.2, 0) is 20.8 Å². The fraction of sp³-hybridized carbons (Fsp3) is 0.444. The Morgan fingerprint density at radius 3 is 2.27 bits per heavy atom. The van der Waals surface area contributed by atoms with Gasteiger partial charge in [-0.1, -0.05) is 39.3 Å². The Labute approximate surface area is 229 Å². The largest absolute Gasteiger partial charge is 0.494 e. The summed E-state index contributed by atoms with van der Waals surface area (Å²) in [6.45, 7) is 6.27. The summed E-state index contributed by atoms with van der Waals surface area (Å²) in [5.41, 5.74) is 0.909. The van der Waals surface area contributed by atoms with Crippen LogP contribution in [0.1, 0.15) is 39.2 Å². The van der Waals surface area contributed by atoms with Gasteiger partial charge in [0.05, 0.1) is 13.2 Å². The van der Waals surface area contributed by atoms with E-state index in [-0.39, 0.29) is 24.2 Å². The number of aldehydes is 1. The number of hydrogen-bond donors (Lipinski definition) is 4. The molecule has 0 aliphatic carbocycles. The molecule has 0 saturated heterocycles. The number of unbranched alkanes of at least 4 members (excludes halogenated alkanes) is 1. The molecule has 37 heavy (non-hydrogen) atoms. The minimum atomic E-state index is -0.795. The average Bonchev–Trinajstić information content (AvgIpc) is 2.91. The van der Waals surface area contributed by atoms with E-state index < -0.39 is 18.0 Å². The molecular weight excluding hydrogens is 513 g/mol. The van der Waals surface area contributed by atoms with E-state index in [9.17, 15) is 18.8 Å². The lowest BCUT2D eigenvalue weighted by Crippen LogP contribution is -2.54. The van der Waals surface area contributed by atoms with Gasteiger partial charge in [0.2, 0.25) is 11.8 Å². The molecule has 2 rings (SSSR count). The van der Waals surface area contributed by atoms with Crippen molar-refractivity contribution in [2.24, 2.45) is 5.92 Å². The maximum absolute atomic E-state index is 13.3. The predicted molar refractivity (Wildman–Crippen MR) is 150 cm³/mol. The molecule has 1 unspecified atom stereocenters. The third-order valence-corrected chi connectivity index (χ3v) is 6.10. The van der Waals surface area contributed by atoms with E-state index in [0.29, 0.717) is 19.3 Å². The number of rotatable bonds is 15. The van der Waals surface area contributed by atoms with E-state index in [0.717, 1.165) is 29.1 Å². The van der Waals surface area contributed by atoms with Crippen molar-refractivity contribution >= 4 is 42.7 Å². The highest BCUT2D eigenvalue weighted by molar-refractivity contribution is 7.97. The van der Waals surface area contributed by atoms with Crippen LogP contribution in [-0.4, -0.2) is 49.6 Å². The summed E-state index contributed by atoms with van der Waals surface area (Å²) in [5.74, 6) is -0.535. The van der Waals surface area contributed by atoms with Gasteiger partial charge in [0.1, 0.15) is 29.9 Å². The van der Waals surface area contributed by atoms with E-state index in [2.05, 4.69) is 34.9 Å². The van der Waals surface area contributed by atoms with Crippen molar-refractivity contribution < 1.29 is 23.5 Å². The molecule has 2 amide bonds. The molecule has 2 atom stereocenters. The fourth-order valence-electron chi connectivity index (χ4n) is 3.16. The first-order chi connectivity index (χ1) is 17.8. The molecule has 0 bridgehead atoms. The van der Waals surface area contributed by atoms with Gasteiger partial charge in [-0.05, 0) is 78.9 Å². The smallest absolute Gasteiger partial charge is 0.243 e.